The van der Waals surface area contributed by atoms with Gasteiger partial charge in [-0.25, -0.2) is 9.45 Å². The summed E-state index contributed by atoms with van der Waals surface area (Å²) in [7, 11) is 1.51. The molecule has 0 atom stereocenters. The molecule has 1 fully saturated rings. The van der Waals surface area contributed by atoms with Crippen LogP contribution in [-0.4, -0.2) is 18.1 Å². The number of carbonyl (C=O) groups is 1. The summed E-state index contributed by atoms with van der Waals surface area (Å²) in [6.07, 6.45) is 5.12. The summed E-state index contributed by atoms with van der Waals surface area (Å²) in [6, 6.07) is 4.50. The number of rotatable bonds is 1. The molecular formula is C14H16FNO2. The second-order valence-corrected chi connectivity index (χ2v) is 5.06. The highest BCUT2D eigenvalue weighted by Gasteiger charge is 2.50. The molecule has 3 rings (SSSR count). The quantitative estimate of drug-likeness (QED) is 0.765. The largest absolute Gasteiger partial charge is 0.278 e. The van der Waals surface area contributed by atoms with Crippen LogP contribution in [0.1, 0.15) is 48.0 Å². The number of nitrogens with zero attached hydrogens (tertiary/aromatic N) is 1. The number of benzene rings is 1. The number of amides is 1. The number of hydroxylamine groups is 2. The van der Waals surface area contributed by atoms with E-state index in [9.17, 15) is 9.18 Å². The minimum absolute atomic E-state index is 0.214. The number of halogens is 1. The molecule has 0 bridgehead atoms. The molecule has 0 radical (unpaired) electrons. The van der Waals surface area contributed by atoms with Crippen molar-refractivity contribution < 1.29 is 14.0 Å². The fraction of sp³-hybridized carbons (Fsp3) is 0.500. The van der Waals surface area contributed by atoms with Crippen LogP contribution in [0.3, 0.4) is 0 Å². The summed E-state index contributed by atoms with van der Waals surface area (Å²) >= 11 is 0. The molecule has 2 aliphatic rings. The monoisotopic (exact) mass is 249 g/mol. The van der Waals surface area contributed by atoms with E-state index in [1.54, 1.807) is 6.07 Å². The second-order valence-electron chi connectivity index (χ2n) is 5.06. The predicted octanol–water partition coefficient (Wildman–Crippen LogP) is 3.00. The molecule has 4 heteroatoms. The van der Waals surface area contributed by atoms with Crippen LogP contribution in [-0.2, 0) is 10.4 Å². The molecule has 1 heterocycles. The zero-order valence-electron chi connectivity index (χ0n) is 10.4. The summed E-state index contributed by atoms with van der Waals surface area (Å²) in [4.78, 5) is 17.6. The minimum atomic E-state index is -0.369. The van der Waals surface area contributed by atoms with Gasteiger partial charge in [-0.1, -0.05) is 25.3 Å². The molecule has 3 nitrogen and oxygen atoms in total. The van der Waals surface area contributed by atoms with Gasteiger partial charge >= 0.3 is 0 Å². The van der Waals surface area contributed by atoms with E-state index in [2.05, 4.69) is 0 Å². The van der Waals surface area contributed by atoms with Gasteiger partial charge in [-0.2, -0.15) is 0 Å². The van der Waals surface area contributed by atoms with Crippen molar-refractivity contribution >= 4 is 5.91 Å². The number of hydrogen-bond acceptors (Lipinski definition) is 2. The highest BCUT2D eigenvalue weighted by Crippen LogP contribution is 2.48. The third-order valence-corrected chi connectivity index (χ3v) is 4.15. The Bertz CT molecular complexity index is 495. The lowest BCUT2D eigenvalue weighted by molar-refractivity contribution is -0.169. The van der Waals surface area contributed by atoms with Gasteiger partial charge in [0.05, 0.1) is 18.2 Å². The Hall–Kier alpha value is -1.42. The Morgan fingerprint density at radius 1 is 1.28 bits per heavy atom. The van der Waals surface area contributed by atoms with Gasteiger partial charge in [0.2, 0.25) is 0 Å². The molecule has 1 amide bonds. The Kier molecular flexibility index (Phi) is 2.63. The van der Waals surface area contributed by atoms with Crippen molar-refractivity contribution in [3.8, 4) is 0 Å². The van der Waals surface area contributed by atoms with E-state index in [4.69, 9.17) is 4.84 Å². The fourth-order valence-electron chi connectivity index (χ4n) is 3.38. The first-order valence-corrected chi connectivity index (χ1v) is 6.38. The van der Waals surface area contributed by atoms with Crippen LogP contribution in [0.25, 0.3) is 0 Å². The van der Waals surface area contributed by atoms with Crippen LogP contribution in [0.5, 0.6) is 0 Å². The molecule has 96 valence electrons. The first-order chi connectivity index (χ1) is 8.69. The van der Waals surface area contributed by atoms with E-state index in [0.29, 0.717) is 5.56 Å². The molecule has 18 heavy (non-hydrogen) atoms. The van der Waals surface area contributed by atoms with Crippen LogP contribution < -0.4 is 0 Å². The van der Waals surface area contributed by atoms with Gasteiger partial charge < -0.3 is 0 Å². The molecule has 1 spiro atoms. The van der Waals surface area contributed by atoms with Crippen LogP contribution in [0, 0.1) is 5.82 Å². The summed E-state index contributed by atoms with van der Waals surface area (Å²) in [5, 5.41) is 1.45. The SMILES string of the molecule is CON1C(=O)c2cc(F)ccc2C12CCCCC2. The standard InChI is InChI=1S/C14H16FNO2/c1-18-16-13(17)11-9-10(15)5-6-12(11)14(16)7-3-2-4-8-14/h5-6,9H,2-4,7-8H2,1H3. The topological polar surface area (TPSA) is 29.5 Å². The maximum atomic E-state index is 13.3. The van der Waals surface area contributed by atoms with Gasteiger partial charge in [-0.3, -0.25) is 9.63 Å². The smallest absolute Gasteiger partial charge is 0.273 e. The molecule has 1 saturated carbocycles. The van der Waals surface area contributed by atoms with Gasteiger partial charge in [0.25, 0.3) is 5.91 Å². The van der Waals surface area contributed by atoms with Crippen LogP contribution in [0.15, 0.2) is 18.2 Å². The third-order valence-electron chi connectivity index (χ3n) is 4.15. The van der Waals surface area contributed by atoms with Crippen molar-refractivity contribution in [2.45, 2.75) is 37.6 Å². The van der Waals surface area contributed by atoms with Crippen molar-refractivity contribution in [2.24, 2.45) is 0 Å². The van der Waals surface area contributed by atoms with Crippen LogP contribution >= 0.6 is 0 Å². The van der Waals surface area contributed by atoms with Crippen LogP contribution in [0.4, 0.5) is 4.39 Å². The first-order valence-electron chi connectivity index (χ1n) is 6.38. The molecule has 1 aromatic carbocycles. The van der Waals surface area contributed by atoms with E-state index in [-0.39, 0.29) is 17.3 Å². The average Bonchev–Trinajstić information content (AvgIpc) is 2.60. The number of fused-ring (bicyclic) bond motifs is 2. The molecular weight excluding hydrogens is 233 g/mol. The Balaban J connectivity index is 2.16. The maximum Gasteiger partial charge on any atom is 0.278 e. The number of carbonyl (C=O) groups excluding carboxylic acids is 1. The van der Waals surface area contributed by atoms with E-state index in [1.165, 1.54) is 30.7 Å². The summed E-state index contributed by atoms with van der Waals surface area (Å²) in [5.41, 5.74) is 1.02. The lowest BCUT2D eigenvalue weighted by Gasteiger charge is -2.40. The minimum Gasteiger partial charge on any atom is -0.273 e. The molecule has 1 aliphatic carbocycles. The van der Waals surface area contributed by atoms with Crippen molar-refractivity contribution in [1.82, 2.24) is 5.06 Å². The molecule has 0 N–H and O–H groups in total. The van der Waals surface area contributed by atoms with Gasteiger partial charge in [-0.15, -0.1) is 0 Å². The Labute approximate surface area is 105 Å². The van der Waals surface area contributed by atoms with Gasteiger partial charge in [0.15, 0.2) is 0 Å². The highest BCUT2D eigenvalue weighted by molar-refractivity contribution is 5.99. The molecule has 0 saturated heterocycles. The molecule has 0 aromatic heterocycles. The zero-order chi connectivity index (χ0) is 12.8. The molecule has 1 aromatic rings. The normalized spacial score (nSPS) is 21.4. The summed E-state index contributed by atoms with van der Waals surface area (Å²) < 4.78 is 13.3. The lowest BCUT2D eigenvalue weighted by atomic mass is 9.77. The third kappa shape index (κ3) is 1.42. The van der Waals surface area contributed by atoms with Crippen molar-refractivity contribution in [1.29, 1.82) is 0 Å². The molecule has 0 unspecified atom stereocenters. The predicted molar refractivity (Wildman–Crippen MR) is 64.3 cm³/mol. The van der Waals surface area contributed by atoms with E-state index >= 15 is 0 Å². The van der Waals surface area contributed by atoms with Crippen LogP contribution in [0.2, 0.25) is 0 Å². The average molecular weight is 249 g/mol. The Morgan fingerprint density at radius 2 is 2.00 bits per heavy atom. The number of hydrogen-bond donors (Lipinski definition) is 0. The molecule has 1 aliphatic heterocycles. The first kappa shape index (κ1) is 11.7. The fourth-order valence-corrected chi connectivity index (χ4v) is 3.38. The Morgan fingerprint density at radius 3 is 2.67 bits per heavy atom. The van der Waals surface area contributed by atoms with Crippen molar-refractivity contribution in [3.63, 3.8) is 0 Å². The van der Waals surface area contributed by atoms with Gasteiger partial charge in [0, 0.05) is 0 Å². The van der Waals surface area contributed by atoms with Gasteiger partial charge in [-0.05, 0) is 30.5 Å². The summed E-state index contributed by atoms with van der Waals surface area (Å²) in [6.45, 7) is 0. The van der Waals surface area contributed by atoms with E-state index in [0.717, 1.165) is 31.2 Å². The maximum absolute atomic E-state index is 13.3. The van der Waals surface area contributed by atoms with E-state index < -0.39 is 0 Å². The second kappa shape index (κ2) is 4.05. The van der Waals surface area contributed by atoms with Gasteiger partial charge in [0.1, 0.15) is 5.82 Å². The summed E-state index contributed by atoms with van der Waals surface area (Å²) in [5.74, 6) is -0.583. The van der Waals surface area contributed by atoms with Crippen molar-refractivity contribution in [2.75, 3.05) is 7.11 Å². The van der Waals surface area contributed by atoms with Crippen molar-refractivity contribution in [3.05, 3.63) is 35.1 Å². The lowest BCUT2D eigenvalue weighted by Crippen LogP contribution is -2.44. The van der Waals surface area contributed by atoms with E-state index in [1.807, 2.05) is 0 Å². The zero-order valence-corrected chi connectivity index (χ0v) is 10.4. The highest BCUT2D eigenvalue weighted by atomic mass is 19.1.